The van der Waals surface area contributed by atoms with Gasteiger partial charge in [-0.15, -0.1) is 0 Å². The average molecular weight is 322 g/mol. The predicted octanol–water partition coefficient (Wildman–Crippen LogP) is 5.62. The molecule has 0 radical (unpaired) electrons. The Balaban J connectivity index is 1.95. The van der Waals surface area contributed by atoms with Crippen molar-refractivity contribution in [3.8, 4) is 0 Å². The van der Waals surface area contributed by atoms with Gasteiger partial charge in [0.05, 0.1) is 11.2 Å². The summed E-state index contributed by atoms with van der Waals surface area (Å²) in [5.41, 5.74) is -2.65. The molecule has 0 atom stereocenters. The van der Waals surface area contributed by atoms with Crippen molar-refractivity contribution in [3.05, 3.63) is 0 Å². The number of thiol groups is 1. The summed E-state index contributed by atoms with van der Waals surface area (Å²) in [4.78, 5) is 0. The van der Waals surface area contributed by atoms with Crippen molar-refractivity contribution in [1.29, 1.82) is 0 Å². The molecule has 2 rings (SSSR count). The van der Waals surface area contributed by atoms with Crippen molar-refractivity contribution in [2.45, 2.75) is 89.3 Å². The molecule has 0 amide bonds. The van der Waals surface area contributed by atoms with Crippen LogP contribution in [0.3, 0.4) is 0 Å². The fraction of sp³-hybridized carbons (Fsp3) is 1.00. The fourth-order valence-electron chi connectivity index (χ4n) is 3.36. The molecule has 0 heterocycles. The minimum Gasteiger partial charge on any atom is -0.315 e. The van der Waals surface area contributed by atoms with E-state index in [1.165, 1.54) is 38.5 Å². The van der Waals surface area contributed by atoms with Crippen LogP contribution in [0.5, 0.6) is 0 Å². The summed E-state index contributed by atoms with van der Waals surface area (Å²) < 4.78 is 12.4. The lowest BCUT2D eigenvalue weighted by molar-refractivity contribution is 0.00666. The van der Waals surface area contributed by atoms with Gasteiger partial charge in [0, 0.05) is 0 Å². The summed E-state index contributed by atoms with van der Waals surface area (Å²) in [6, 6.07) is 0. The summed E-state index contributed by atoms with van der Waals surface area (Å²) in [6.45, 7) is 4.35. The molecule has 19 heavy (non-hydrogen) atoms. The number of hydrogen-bond acceptors (Lipinski definition) is 3. The maximum atomic E-state index is 6.20. The van der Waals surface area contributed by atoms with Gasteiger partial charge in [-0.25, -0.2) is 0 Å². The predicted molar refractivity (Wildman–Crippen MR) is 88.4 cm³/mol. The third-order valence-corrected chi connectivity index (χ3v) is 6.77. The first-order valence-corrected chi connectivity index (χ1v) is 11.4. The lowest BCUT2D eigenvalue weighted by atomic mass is 9.87. The Morgan fingerprint density at radius 3 is 1.42 bits per heavy atom. The van der Waals surface area contributed by atoms with Crippen molar-refractivity contribution in [2.75, 3.05) is 0 Å². The van der Waals surface area contributed by atoms with Gasteiger partial charge in [-0.2, -0.15) is 0 Å². The molecule has 0 spiro atoms. The van der Waals surface area contributed by atoms with E-state index in [4.69, 9.17) is 20.9 Å². The zero-order valence-electron chi connectivity index (χ0n) is 12.2. The third kappa shape index (κ3) is 5.00. The van der Waals surface area contributed by atoms with Gasteiger partial charge < -0.3 is 9.05 Å². The Kier molecular flexibility index (Phi) is 5.45. The Labute approximate surface area is 128 Å². The summed E-state index contributed by atoms with van der Waals surface area (Å²) >= 11 is 10.2. The molecule has 0 unspecified atom stereocenters. The second kappa shape index (κ2) is 6.36. The molecule has 2 fully saturated rings. The van der Waals surface area contributed by atoms with Crippen LogP contribution in [0.1, 0.15) is 78.1 Å². The molecular weight excluding hydrogens is 295 g/mol. The summed E-state index contributed by atoms with van der Waals surface area (Å²) in [6.07, 6.45) is 11.9. The van der Waals surface area contributed by atoms with Gasteiger partial charge in [0.2, 0.25) is 5.69 Å². The zero-order chi connectivity index (χ0) is 14.0. The highest BCUT2D eigenvalue weighted by Gasteiger charge is 2.38. The molecule has 0 aliphatic heterocycles. The van der Waals surface area contributed by atoms with Gasteiger partial charge >= 0.3 is 0 Å². The Morgan fingerprint density at radius 1 is 0.789 bits per heavy atom. The smallest absolute Gasteiger partial charge is 0.245 e. The topological polar surface area (TPSA) is 18.5 Å². The largest absolute Gasteiger partial charge is 0.315 e. The van der Waals surface area contributed by atoms with Crippen LogP contribution in [0.2, 0.25) is 0 Å². The molecule has 2 aliphatic rings. The molecule has 0 aromatic heterocycles. The molecule has 5 heteroatoms. The van der Waals surface area contributed by atoms with E-state index < -0.39 is 5.69 Å². The Bertz CT molecular complexity index is 317. The summed E-state index contributed by atoms with van der Waals surface area (Å²) in [5.74, 6) is 0. The van der Waals surface area contributed by atoms with Gasteiger partial charge in [0.25, 0.3) is 0 Å². The highest BCUT2D eigenvalue weighted by molar-refractivity contribution is 8.60. The zero-order valence-corrected chi connectivity index (χ0v) is 14.8. The molecule has 0 aromatic carbocycles. The van der Waals surface area contributed by atoms with Crippen molar-refractivity contribution < 1.29 is 9.05 Å². The normalized spacial score (nSPS) is 27.1. The first kappa shape index (κ1) is 16.3. The molecule has 0 bridgehead atoms. The molecule has 112 valence electrons. The highest BCUT2D eigenvalue weighted by atomic mass is 32.9. The molecule has 0 aromatic rings. The van der Waals surface area contributed by atoms with E-state index in [1.54, 1.807) is 0 Å². The highest BCUT2D eigenvalue weighted by Crippen LogP contribution is 2.61. The average Bonchev–Trinajstić information content (AvgIpc) is 2.27. The van der Waals surface area contributed by atoms with E-state index in [-0.39, 0.29) is 11.2 Å². The third-order valence-electron chi connectivity index (χ3n) is 4.49. The number of hydrogen-bond donors (Lipinski definition) is 1. The van der Waals surface area contributed by atoms with Crippen LogP contribution in [0, 0.1) is 0 Å². The van der Waals surface area contributed by atoms with E-state index in [1.807, 2.05) is 0 Å². The van der Waals surface area contributed by atoms with Crippen molar-refractivity contribution >= 4 is 29.7 Å². The monoisotopic (exact) mass is 322 g/mol. The van der Waals surface area contributed by atoms with E-state index in [0.29, 0.717) is 0 Å². The van der Waals surface area contributed by atoms with E-state index in [9.17, 15) is 0 Å². The van der Waals surface area contributed by atoms with Gasteiger partial charge in [-0.1, -0.05) is 50.8 Å². The molecule has 2 saturated carbocycles. The molecule has 0 saturated heterocycles. The SMILES string of the molecule is CC1(OP(=S)(S)OC2(C)CCCCC2)CCCCC1. The van der Waals surface area contributed by atoms with Gasteiger partial charge in [0.15, 0.2) is 0 Å². The second-order valence-electron chi connectivity index (χ2n) is 6.67. The van der Waals surface area contributed by atoms with Gasteiger partial charge in [0.1, 0.15) is 0 Å². The lowest BCUT2D eigenvalue weighted by Crippen LogP contribution is -2.33. The minimum atomic E-state index is -2.43. The van der Waals surface area contributed by atoms with E-state index in [2.05, 4.69) is 26.1 Å². The van der Waals surface area contributed by atoms with Crippen LogP contribution in [-0.2, 0) is 20.9 Å². The van der Waals surface area contributed by atoms with E-state index >= 15 is 0 Å². The summed E-state index contributed by atoms with van der Waals surface area (Å²) in [5, 5.41) is 0. The first-order valence-electron chi connectivity index (χ1n) is 7.57. The van der Waals surface area contributed by atoms with Crippen LogP contribution in [0.25, 0.3) is 0 Å². The van der Waals surface area contributed by atoms with Crippen LogP contribution < -0.4 is 0 Å². The molecule has 0 N–H and O–H groups in total. The van der Waals surface area contributed by atoms with Crippen LogP contribution in [0.4, 0.5) is 0 Å². The molecule has 2 aliphatic carbocycles. The van der Waals surface area contributed by atoms with Crippen LogP contribution in [-0.4, -0.2) is 11.2 Å². The maximum absolute atomic E-state index is 6.20. The first-order chi connectivity index (χ1) is 8.83. The Morgan fingerprint density at radius 2 is 1.11 bits per heavy atom. The van der Waals surface area contributed by atoms with Crippen molar-refractivity contribution in [3.63, 3.8) is 0 Å². The van der Waals surface area contributed by atoms with Gasteiger partial charge in [-0.05, 0) is 51.3 Å². The Hall–Kier alpha value is 0.920. The molecule has 2 nitrogen and oxygen atoms in total. The van der Waals surface area contributed by atoms with Crippen molar-refractivity contribution in [1.82, 2.24) is 0 Å². The minimum absolute atomic E-state index is 0.111. The maximum Gasteiger partial charge on any atom is 0.245 e. The molecular formula is C14H27O2PS2. The van der Waals surface area contributed by atoms with Crippen molar-refractivity contribution in [2.24, 2.45) is 0 Å². The second-order valence-corrected chi connectivity index (χ2v) is 11.8. The fourth-order valence-corrected chi connectivity index (χ4v) is 7.14. The van der Waals surface area contributed by atoms with E-state index in [0.717, 1.165) is 25.7 Å². The number of rotatable bonds is 4. The quantitative estimate of drug-likeness (QED) is 0.535. The van der Waals surface area contributed by atoms with Gasteiger partial charge in [-0.3, -0.25) is 0 Å². The standard InChI is InChI=1S/C14H27O2PS2/c1-13(9-5-3-6-10-13)15-17(18,19)16-14(2)11-7-4-8-12-14/h3-12H2,1-2H3,(H,18,19). The van der Waals surface area contributed by atoms with Crippen LogP contribution in [0.15, 0.2) is 0 Å². The lowest BCUT2D eigenvalue weighted by Gasteiger charge is -2.41. The van der Waals surface area contributed by atoms with Crippen LogP contribution >= 0.6 is 17.9 Å². The summed E-state index contributed by atoms with van der Waals surface area (Å²) in [7, 11) is 0.